The van der Waals surface area contributed by atoms with Crippen molar-refractivity contribution < 1.29 is 14.7 Å². The lowest BCUT2D eigenvalue weighted by atomic mass is 10.3. The first-order valence-corrected chi connectivity index (χ1v) is 4.76. The Morgan fingerprint density at radius 2 is 2.00 bits per heavy atom. The molecule has 0 aromatic heterocycles. The lowest BCUT2D eigenvalue weighted by Crippen LogP contribution is -2.13. The molecule has 0 fully saturated rings. The third-order valence-electron chi connectivity index (χ3n) is 1.34. The van der Waals surface area contributed by atoms with Crippen LogP contribution in [0.3, 0.4) is 0 Å². The van der Waals surface area contributed by atoms with Gasteiger partial charge in [-0.05, 0) is 6.42 Å². The van der Waals surface area contributed by atoms with Crippen LogP contribution in [-0.4, -0.2) is 27.0 Å². The number of azo groups is 1. The van der Waals surface area contributed by atoms with Crippen LogP contribution in [0.15, 0.2) is 10.2 Å². The quantitative estimate of drug-likeness (QED) is 0.488. The van der Waals surface area contributed by atoms with Gasteiger partial charge in [0.1, 0.15) is 0 Å². The standard InChI is InChI=1S/C4H10N2O3P/c7-10(8,9)4-2-1-3-5-6-4/h4,7-9H,1-3H2/q+1. The van der Waals surface area contributed by atoms with Gasteiger partial charge in [-0.1, -0.05) is 0 Å². The minimum absolute atomic E-state index is 0.515. The fourth-order valence-corrected chi connectivity index (χ4v) is 1.54. The Kier molecular flexibility index (Phi) is 2.31. The van der Waals surface area contributed by atoms with E-state index in [0.717, 1.165) is 6.42 Å². The molecule has 1 aliphatic heterocycles. The molecule has 0 aromatic rings. The van der Waals surface area contributed by atoms with Gasteiger partial charge < -0.3 is 0 Å². The van der Waals surface area contributed by atoms with E-state index in [9.17, 15) is 0 Å². The van der Waals surface area contributed by atoms with Gasteiger partial charge >= 0.3 is 7.94 Å². The average molecular weight is 165 g/mol. The van der Waals surface area contributed by atoms with E-state index in [-0.39, 0.29) is 0 Å². The summed E-state index contributed by atoms with van der Waals surface area (Å²) in [5.74, 6) is -0.763. The van der Waals surface area contributed by atoms with Crippen LogP contribution in [0.5, 0.6) is 0 Å². The summed E-state index contributed by atoms with van der Waals surface area (Å²) in [5.41, 5.74) is 0. The first-order valence-electron chi connectivity index (χ1n) is 3.04. The molecule has 1 aliphatic rings. The van der Waals surface area contributed by atoms with Gasteiger partial charge in [0, 0.05) is 6.42 Å². The summed E-state index contributed by atoms with van der Waals surface area (Å²) in [6.45, 7) is 0.622. The monoisotopic (exact) mass is 165 g/mol. The van der Waals surface area contributed by atoms with Crippen LogP contribution in [0.2, 0.25) is 0 Å². The van der Waals surface area contributed by atoms with Gasteiger partial charge in [0.15, 0.2) is 0 Å². The van der Waals surface area contributed by atoms with Gasteiger partial charge in [0.2, 0.25) is 0 Å². The molecule has 0 amide bonds. The van der Waals surface area contributed by atoms with E-state index in [1.165, 1.54) is 0 Å². The third-order valence-corrected chi connectivity index (χ3v) is 2.50. The van der Waals surface area contributed by atoms with Crippen LogP contribution in [0.25, 0.3) is 0 Å². The SMILES string of the molecule is O[P+](O)(O)C1CCCN=N1. The van der Waals surface area contributed by atoms with Gasteiger partial charge in [-0.15, -0.1) is 5.11 Å². The number of hydrogen-bond acceptors (Lipinski definition) is 5. The van der Waals surface area contributed by atoms with Gasteiger partial charge in [-0.2, -0.15) is 19.8 Å². The minimum Gasteiger partial charge on any atom is -0.191 e. The zero-order valence-electron chi connectivity index (χ0n) is 5.38. The van der Waals surface area contributed by atoms with Crippen molar-refractivity contribution in [2.45, 2.75) is 18.6 Å². The number of rotatable bonds is 1. The summed E-state index contributed by atoms with van der Waals surface area (Å²) in [6.07, 6.45) is 1.28. The Labute approximate surface area is 59.0 Å². The van der Waals surface area contributed by atoms with Crippen molar-refractivity contribution in [1.82, 2.24) is 0 Å². The summed E-state index contributed by atoms with van der Waals surface area (Å²) >= 11 is 0. The molecule has 6 heteroatoms. The highest BCUT2D eigenvalue weighted by Crippen LogP contribution is 2.53. The summed E-state index contributed by atoms with van der Waals surface area (Å²) in [7, 11) is -3.75. The van der Waals surface area contributed by atoms with E-state index in [1.807, 2.05) is 0 Å². The molecule has 58 valence electrons. The predicted molar refractivity (Wildman–Crippen MR) is 36.3 cm³/mol. The normalized spacial score (nSPS) is 26.9. The van der Waals surface area contributed by atoms with E-state index in [2.05, 4.69) is 10.2 Å². The summed E-state index contributed by atoms with van der Waals surface area (Å²) in [6, 6.07) is 0. The molecule has 10 heavy (non-hydrogen) atoms. The van der Waals surface area contributed by atoms with Crippen molar-refractivity contribution in [3.63, 3.8) is 0 Å². The van der Waals surface area contributed by atoms with Crippen molar-refractivity contribution in [2.24, 2.45) is 10.2 Å². The van der Waals surface area contributed by atoms with Crippen LogP contribution >= 0.6 is 7.94 Å². The molecule has 0 saturated heterocycles. The van der Waals surface area contributed by atoms with Gasteiger partial charge in [-0.3, -0.25) is 0 Å². The van der Waals surface area contributed by atoms with E-state index < -0.39 is 13.7 Å². The summed E-state index contributed by atoms with van der Waals surface area (Å²) in [4.78, 5) is 26.1. The van der Waals surface area contributed by atoms with Gasteiger partial charge in [-0.25, -0.2) is 0 Å². The lowest BCUT2D eigenvalue weighted by molar-refractivity contribution is 0.306. The molecule has 0 radical (unpaired) electrons. The molecular weight excluding hydrogens is 155 g/mol. The third kappa shape index (κ3) is 1.95. The molecular formula is C4H10N2O3P+. The highest BCUT2D eigenvalue weighted by atomic mass is 31.2. The maximum Gasteiger partial charge on any atom is 0.431 e. The molecule has 3 N–H and O–H groups in total. The zero-order chi connectivity index (χ0) is 7.61. The first-order chi connectivity index (χ1) is 4.61. The fourth-order valence-electron chi connectivity index (χ4n) is 0.797. The van der Waals surface area contributed by atoms with Crippen molar-refractivity contribution in [3.8, 4) is 0 Å². The average Bonchev–Trinajstić information content (AvgIpc) is 1.88. The predicted octanol–water partition coefficient (Wildman–Crippen LogP) is 0.298. The van der Waals surface area contributed by atoms with Gasteiger partial charge in [0.05, 0.1) is 6.54 Å². The molecule has 0 spiro atoms. The Morgan fingerprint density at radius 1 is 1.30 bits per heavy atom. The molecule has 0 aromatic carbocycles. The Hall–Kier alpha value is -0.0900. The number of hydrogen-bond donors (Lipinski definition) is 3. The fraction of sp³-hybridized carbons (Fsp3) is 1.00. The van der Waals surface area contributed by atoms with E-state index in [1.54, 1.807) is 0 Å². The molecule has 1 unspecified atom stereocenters. The molecule has 1 heterocycles. The largest absolute Gasteiger partial charge is 0.431 e. The first kappa shape index (κ1) is 8.01. The molecule has 0 bridgehead atoms. The van der Waals surface area contributed by atoms with E-state index >= 15 is 0 Å². The second-order valence-corrected chi connectivity index (χ2v) is 4.04. The highest BCUT2D eigenvalue weighted by Gasteiger charge is 2.43. The maximum atomic E-state index is 8.71. The summed E-state index contributed by atoms with van der Waals surface area (Å²) in [5, 5.41) is 7.12. The lowest BCUT2D eigenvalue weighted by Gasteiger charge is -2.13. The molecule has 1 atom stereocenters. The van der Waals surface area contributed by atoms with Crippen molar-refractivity contribution in [2.75, 3.05) is 6.54 Å². The van der Waals surface area contributed by atoms with Gasteiger partial charge in [0.25, 0.3) is 5.78 Å². The van der Waals surface area contributed by atoms with Crippen LogP contribution in [-0.2, 0) is 0 Å². The molecule has 0 aliphatic carbocycles. The Bertz CT molecular complexity index is 144. The van der Waals surface area contributed by atoms with E-state index in [0.29, 0.717) is 13.0 Å². The minimum atomic E-state index is -3.75. The van der Waals surface area contributed by atoms with E-state index in [4.69, 9.17) is 14.7 Å². The highest BCUT2D eigenvalue weighted by molar-refractivity contribution is 7.59. The van der Waals surface area contributed by atoms with Crippen molar-refractivity contribution in [3.05, 3.63) is 0 Å². The summed E-state index contributed by atoms with van der Waals surface area (Å²) < 4.78 is 0. The molecule has 5 nitrogen and oxygen atoms in total. The van der Waals surface area contributed by atoms with Crippen molar-refractivity contribution >= 4 is 7.94 Å². The zero-order valence-corrected chi connectivity index (χ0v) is 6.28. The maximum absolute atomic E-state index is 8.71. The van der Waals surface area contributed by atoms with Crippen molar-refractivity contribution in [1.29, 1.82) is 0 Å². The Morgan fingerprint density at radius 3 is 2.30 bits per heavy atom. The Balaban J connectivity index is 2.55. The topological polar surface area (TPSA) is 85.4 Å². The van der Waals surface area contributed by atoms with Crippen LogP contribution in [0, 0.1) is 0 Å². The molecule has 1 rings (SSSR count). The smallest absolute Gasteiger partial charge is 0.191 e. The van der Waals surface area contributed by atoms with Crippen LogP contribution in [0.4, 0.5) is 0 Å². The van der Waals surface area contributed by atoms with Crippen LogP contribution in [0.1, 0.15) is 12.8 Å². The second kappa shape index (κ2) is 2.88. The molecule has 0 saturated carbocycles. The van der Waals surface area contributed by atoms with Crippen LogP contribution < -0.4 is 0 Å². The second-order valence-electron chi connectivity index (χ2n) is 2.22. The number of nitrogens with zero attached hydrogens (tertiary/aromatic N) is 2.